The number of carboxylic acid groups (broad SMARTS) is 1. The molecule has 0 aromatic rings. The predicted octanol–water partition coefficient (Wildman–Crippen LogP) is 2.97. The highest BCUT2D eigenvalue weighted by atomic mass is 16.6. The molecule has 3 atom stereocenters. The molecule has 1 saturated heterocycles. The molecule has 2 rings (SSSR count). The zero-order valence-corrected chi connectivity index (χ0v) is 12.8. The van der Waals surface area contributed by atoms with Gasteiger partial charge in [-0.2, -0.15) is 0 Å². The van der Waals surface area contributed by atoms with Crippen LogP contribution in [0.4, 0.5) is 4.79 Å². The molecule has 116 valence electrons. The van der Waals surface area contributed by atoms with E-state index in [1.54, 1.807) is 26.8 Å². The van der Waals surface area contributed by atoms with Crippen molar-refractivity contribution in [2.75, 3.05) is 0 Å². The van der Waals surface area contributed by atoms with Gasteiger partial charge in [-0.1, -0.05) is 18.2 Å². The zero-order chi connectivity index (χ0) is 15.8. The smallest absolute Gasteiger partial charge is 0.411 e. The van der Waals surface area contributed by atoms with E-state index in [0.29, 0.717) is 6.42 Å². The molecule has 1 heterocycles. The van der Waals surface area contributed by atoms with Gasteiger partial charge in [0, 0.05) is 11.5 Å². The minimum atomic E-state index is -0.968. The molecule has 5 heteroatoms. The topological polar surface area (TPSA) is 66.8 Å². The molecule has 1 N–H and O–H groups in total. The number of fused-ring (bicyclic) bond motifs is 1. The van der Waals surface area contributed by atoms with E-state index >= 15 is 0 Å². The Labute approximate surface area is 125 Å². The zero-order valence-electron chi connectivity index (χ0n) is 12.8. The van der Waals surface area contributed by atoms with Gasteiger partial charge < -0.3 is 9.84 Å². The molecular weight excluding hydrogens is 270 g/mol. The number of piperidine rings is 1. The van der Waals surface area contributed by atoms with Crippen LogP contribution in [0.3, 0.4) is 0 Å². The monoisotopic (exact) mass is 293 g/mol. The van der Waals surface area contributed by atoms with Gasteiger partial charge in [0.05, 0.1) is 0 Å². The van der Waals surface area contributed by atoms with Crippen LogP contribution in [0.1, 0.15) is 40.0 Å². The molecule has 2 aliphatic rings. The van der Waals surface area contributed by atoms with Gasteiger partial charge in [-0.15, -0.1) is 6.58 Å². The number of carboxylic acids is 1. The Morgan fingerprint density at radius 3 is 2.62 bits per heavy atom. The summed E-state index contributed by atoms with van der Waals surface area (Å²) in [5.74, 6) is -0.968. The summed E-state index contributed by atoms with van der Waals surface area (Å²) in [6, 6.07) is -0.860. The number of ether oxygens (including phenoxy) is 1. The van der Waals surface area contributed by atoms with E-state index in [2.05, 4.69) is 6.58 Å². The Hall–Kier alpha value is -1.78. The van der Waals surface area contributed by atoms with E-state index in [9.17, 15) is 14.7 Å². The number of carbonyl (C=O) groups excluding carboxylic acids is 1. The Morgan fingerprint density at radius 2 is 2.10 bits per heavy atom. The third-order valence-corrected chi connectivity index (χ3v) is 3.96. The fourth-order valence-electron chi connectivity index (χ4n) is 2.99. The van der Waals surface area contributed by atoms with E-state index in [-0.39, 0.29) is 11.5 Å². The van der Waals surface area contributed by atoms with Gasteiger partial charge in [0.2, 0.25) is 0 Å². The highest BCUT2D eigenvalue weighted by Gasteiger charge is 2.66. The number of likely N-dealkylation sites (tertiary alicyclic amines) is 1. The number of nitrogens with zero attached hydrogens (tertiary/aromatic N) is 1. The van der Waals surface area contributed by atoms with E-state index < -0.39 is 23.7 Å². The molecule has 5 nitrogen and oxygen atoms in total. The van der Waals surface area contributed by atoms with Crippen molar-refractivity contribution in [1.29, 1.82) is 0 Å². The first-order valence-electron chi connectivity index (χ1n) is 7.23. The van der Waals surface area contributed by atoms with Gasteiger partial charge in [-0.25, -0.2) is 9.59 Å². The lowest BCUT2D eigenvalue weighted by Crippen LogP contribution is -2.45. The van der Waals surface area contributed by atoms with Crippen LogP contribution in [0.2, 0.25) is 0 Å². The first-order chi connectivity index (χ1) is 9.70. The van der Waals surface area contributed by atoms with Crippen molar-refractivity contribution in [2.24, 2.45) is 5.41 Å². The van der Waals surface area contributed by atoms with Gasteiger partial charge in [0.1, 0.15) is 11.6 Å². The number of amides is 1. The molecule has 1 aliphatic carbocycles. The van der Waals surface area contributed by atoms with Gasteiger partial charge in [0.15, 0.2) is 0 Å². The van der Waals surface area contributed by atoms with Crippen LogP contribution in [0.5, 0.6) is 0 Å². The van der Waals surface area contributed by atoms with Crippen molar-refractivity contribution >= 4 is 12.1 Å². The molecular formula is C16H23NO4. The van der Waals surface area contributed by atoms with Crippen LogP contribution in [0.25, 0.3) is 0 Å². The molecule has 0 unspecified atom stereocenters. The molecule has 21 heavy (non-hydrogen) atoms. The van der Waals surface area contributed by atoms with Crippen molar-refractivity contribution in [3.63, 3.8) is 0 Å². The largest absolute Gasteiger partial charge is 0.480 e. The number of carbonyl (C=O) groups is 2. The second-order valence-corrected chi connectivity index (χ2v) is 6.83. The molecule has 1 saturated carbocycles. The lowest BCUT2D eigenvalue weighted by Gasteiger charge is -2.28. The lowest BCUT2D eigenvalue weighted by molar-refractivity contribution is -0.142. The third kappa shape index (κ3) is 3.12. The minimum absolute atomic E-state index is 0.0606. The molecule has 2 fully saturated rings. The molecule has 0 spiro atoms. The summed E-state index contributed by atoms with van der Waals surface area (Å²) < 4.78 is 5.35. The number of allylic oxidation sites excluding steroid dienone is 2. The second kappa shape index (κ2) is 5.20. The second-order valence-electron chi connectivity index (χ2n) is 6.83. The fourth-order valence-corrected chi connectivity index (χ4v) is 2.99. The van der Waals surface area contributed by atoms with E-state index in [1.165, 1.54) is 4.90 Å². The number of hydrogen-bond donors (Lipinski definition) is 1. The van der Waals surface area contributed by atoms with Crippen molar-refractivity contribution in [2.45, 2.75) is 57.7 Å². The van der Waals surface area contributed by atoms with Crippen LogP contribution in [-0.2, 0) is 9.53 Å². The number of rotatable bonds is 4. The van der Waals surface area contributed by atoms with Crippen molar-refractivity contribution in [3.8, 4) is 0 Å². The number of aliphatic carboxylic acids is 1. The first-order valence-corrected chi connectivity index (χ1v) is 7.23. The van der Waals surface area contributed by atoms with Crippen molar-refractivity contribution in [1.82, 2.24) is 4.90 Å². The third-order valence-electron chi connectivity index (χ3n) is 3.96. The maximum atomic E-state index is 12.3. The van der Waals surface area contributed by atoms with Crippen LogP contribution in [0, 0.1) is 5.41 Å². The summed E-state index contributed by atoms with van der Waals surface area (Å²) in [5, 5.41) is 9.37. The Balaban J connectivity index is 2.15. The van der Waals surface area contributed by atoms with Crippen LogP contribution >= 0.6 is 0 Å². The standard InChI is InChI=1S/C16H23NO4/c1-5-6-7-8-16-9-11(13(18)19)17(12(16)10-16)14(20)21-15(2,3)4/h5,7-8,11-12H,1,6,9-10H2,2-4H3,(H,18,19)/t11-,12+,16-/m0/s1. The van der Waals surface area contributed by atoms with Gasteiger partial charge in [-0.05, 0) is 40.0 Å². The summed E-state index contributed by atoms with van der Waals surface area (Å²) in [4.78, 5) is 25.1. The van der Waals surface area contributed by atoms with Crippen LogP contribution in [-0.4, -0.2) is 39.8 Å². The van der Waals surface area contributed by atoms with Crippen molar-refractivity contribution in [3.05, 3.63) is 24.8 Å². The summed E-state index contributed by atoms with van der Waals surface area (Å²) in [7, 11) is 0. The minimum Gasteiger partial charge on any atom is -0.480 e. The van der Waals surface area contributed by atoms with Gasteiger partial charge >= 0.3 is 12.1 Å². The molecule has 0 radical (unpaired) electrons. The average molecular weight is 293 g/mol. The Morgan fingerprint density at radius 1 is 1.43 bits per heavy atom. The highest BCUT2D eigenvalue weighted by molar-refractivity contribution is 5.82. The Kier molecular flexibility index (Phi) is 3.87. The maximum absolute atomic E-state index is 12.3. The molecule has 0 bridgehead atoms. The highest BCUT2D eigenvalue weighted by Crippen LogP contribution is 2.60. The molecule has 1 amide bonds. The van der Waals surface area contributed by atoms with E-state index in [1.807, 2.05) is 12.2 Å². The van der Waals surface area contributed by atoms with E-state index in [4.69, 9.17) is 4.74 Å². The van der Waals surface area contributed by atoms with Gasteiger partial charge in [-0.3, -0.25) is 4.90 Å². The summed E-state index contributed by atoms with van der Waals surface area (Å²) in [6.45, 7) is 8.99. The Bertz CT molecular complexity index is 491. The summed E-state index contributed by atoms with van der Waals surface area (Å²) in [5.41, 5.74) is -0.818. The van der Waals surface area contributed by atoms with Gasteiger partial charge in [0.25, 0.3) is 0 Å². The first kappa shape index (κ1) is 15.6. The summed E-state index contributed by atoms with van der Waals surface area (Å²) in [6.07, 6.45) is 7.31. The fraction of sp³-hybridized carbons (Fsp3) is 0.625. The van der Waals surface area contributed by atoms with Crippen molar-refractivity contribution < 1.29 is 19.4 Å². The molecule has 0 aromatic heterocycles. The lowest BCUT2D eigenvalue weighted by atomic mass is 9.99. The average Bonchev–Trinajstić information content (AvgIpc) is 2.92. The maximum Gasteiger partial charge on any atom is 0.411 e. The summed E-state index contributed by atoms with van der Waals surface area (Å²) >= 11 is 0. The molecule has 1 aliphatic heterocycles. The number of hydrogen-bond acceptors (Lipinski definition) is 3. The van der Waals surface area contributed by atoms with Crippen LogP contribution in [0.15, 0.2) is 24.8 Å². The quantitative estimate of drug-likeness (QED) is 0.809. The van der Waals surface area contributed by atoms with Crippen LogP contribution < -0.4 is 0 Å². The predicted molar refractivity (Wildman–Crippen MR) is 78.9 cm³/mol. The van der Waals surface area contributed by atoms with E-state index in [0.717, 1.165) is 12.8 Å². The molecule has 0 aromatic carbocycles. The normalized spacial score (nSPS) is 31.1. The SMILES string of the molecule is C=CCC=C[C@@]12C[C@@H](C(=O)O)N(C(=O)OC(C)(C)C)[C@@H]1C2.